The number of nitrogens with zero attached hydrogens (tertiary/aromatic N) is 4. The van der Waals surface area contributed by atoms with Gasteiger partial charge in [-0.05, 0) is 116 Å². The summed E-state index contributed by atoms with van der Waals surface area (Å²) in [4.78, 5) is 8.74. The molecule has 76 heavy (non-hydrogen) atoms. The Bertz CT molecular complexity index is 4210. The van der Waals surface area contributed by atoms with Crippen molar-refractivity contribution in [2.45, 2.75) is 105 Å². The molecule has 3 heterocycles. The van der Waals surface area contributed by atoms with E-state index < -0.39 is 30.2 Å². The van der Waals surface area contributed by atoms with Crippen molar-refractivity contribution in [3.8, 4) is 50.7 Å². The van der Waals surface area contributed by atoms with E-state index in [9.17, 15) is 8.22 Å². The van der Waals surface area contributed by atoms with E-state index in [4.69, 9.17) is 13.8 Å². The van der Waals surface area contributed by atoms with Crippen LogP contribution in [0.3, 0.4) is 0 Å². The van der Waals surface area contributed by atoms with Crippen LogP contribution >= 0.6 is 0 Å². The number of unbranched alkanes of at least 4 members (excludes halogenated alkanes) is 2. The number of ether oxygens (including phenoxy) is 1. The molecule has 0 atom stereocenters. The summed E-state index contributed by atoms with van der Waals surface area (Å²) in [6, 6.07) is 42.4. The van der Waals surface area contributed by atoms with Crippen molar-refractivity contribution in [2.75, 3.05) is 9.80 Å². The summed E-state index contributed by atoms with van der Waals surface area (Å²) in [5, 5.41) is 2.28. The molecule has 0 radical (unpaired) electrons. The van der Waals surface area contributed by atoms with Crippen molar-refractivity contribution in [2.24, 2.45) is 0 Å². The van der Waals surface area contributed by atoms with Gasteiger partial charge in [0.2, 0.25) is 0 Å². The Labute approximate surface area is 478 Å². The molecule has 0 saturated heterocycles. The summed E-state index contributed by atoms with van der Waals surface area (Å²) in [7, 11) is 0. The van der Waals surface area contributed by atoms with Gasteiger partial charge < -0.3 is 19.1 Å². The van der Waals surface area contributed by atoms with Gasteiger partial charge in [0.25, 0.3) is 0 Å². The van der Waals surface area contributed by atoms with Crippen LogP contribution in [-0.2, 0) is 44.7 Å². The molecule has 0 fully saturated rings. The minimum absolute atomic E-state index is 0. The molecule has 0 aliphatic carbocycles. The maximum atomic E-state index is 9.96. The first-order chi connectivity index (χ1) is 40.1. The van der Waals surface area contributed by atoms with Gasteiger partial charge in [0.15, 0.2) is 0 Å². The molecule has 0 N–H and O–H groups in total. The van der Waals surface area contributed by atoms with Crippen molar-refractivity contribution in [3.63, 3.8) is 0 Å². The van der Waals surface area contributed by atoms with E-state index in [1.165, 1.54) is 22.9 Å². The molecule has 11 rings (SSSR count). The molecule has 0 bridgehead atoms. The number of rotatable bonds is 14. The minimum atomic E-state index is -0.544. The quantitative estimate of drug-likeness (QED) is 0.0803. The second kappa shape index (κ2) is 21.8. The van der Waals surface area contributed by atoms with Crippen molar-refractivity contribution in [1.82, 2.24) is 9.55 Å². The fourth-order valence-electron chi connectivity index (χ4n) is 10.4. The monoisotopic (exact) mass is 1180 g/mol. The SMILES string of the molecule is [2H]c1c([2H])c([2H])c(-c2cccc(-c3c([2H])c([2H])c([2H])c(-c4cccc(C(C)(C)C)c4)c3[2H])c2N2[CH-]N(c3[c-]c(Oc4[c-]c5c(cc4)c4c(CCC)c(CCCCC)ccc4n5-c4cc(C(C)(C)C)ccn4)ccc3)c3ccccc32)c([2H])c1[2H].[Pt]. The van der Waals surface area contributed by atoms with E-state index in [1.807, 2.05) is 95.5 Å². The summed E-state index contributed by atoms with van der Waals surface area (Å²) in [5.41, 5.74) is 9.80. The van der Waals surface area contributed by atoms with Crippen LogP contribution in [-0.4, -0.2) is 9.55 Å². The van der Waals surface area contributed by atoms with Crippen molar-refractivity contribution >= 4 is 44.6 Å². The summed E-state index contributed by atoms with van der Waals surface area (Å²) in [6.07, 6.45) is 8.31. The van der Waals surface area contributed by atoms with Crippen LogP contribution < -0.4 is 14.5 Å². The van der Waals surface area contributed by atoms with Gasteiger partial charge in [0.1, 0.15) is 5.82 Å². The van der Waals surface area contributed by atoms with Crippen LogP contribution in [0.15, 0.2) is 182 Å². The largest absolute Gasteiger partial charge is 0.509 e. The third kappa shape index (κ3) is 10.3. The van der Waals surface area contributed by atoms with E-state index >= 15 is 0 Å². The van der Waals surface area contributed by atoms with Gasteiger partial charge in [-0.3, -0.25) is 0 Å². The molecule has 0 unspecified atom stereocenters. The fourth-order valence-corrected chi connectivity index (χ4v) is 10.4. The van der Waals surface area contributed by atoms with Crippen molar-refractivity contribution in [1.29, 1.82) is 0 Å². The molecular weight excluding hydrogens is 1110 g/mol. The first-order valence-corrected chi connectivity index (χ1v) is 26.3. The van der Waals surface area contributed by atoms with Gasteiger partial charge >= 0.3 is 0 Å². The normalized spacial score (nSPS) is 14.2. The number of hydrogen-bond donors (Lipinski definition) is 0. The molecule has 0 saturated carbocycles. The van der Waals surface area contributed by atoms with Crippen LogP contribution in [0.25, 0.3) is 61.0 Å². The molecule has 5 nitrogen and oxygen atoms in total. The van der Waals surface area contributed by atoms with Crippen LogP contribution in [0.1, 0.15) is 116 Å². The summed E-state index contributed by atoms with van der Waals surface area (Å²) in [5.74, 6) is 1.69. The molecule has 10 aromatic rings. The van der Waals surface area contributed by atoms with Crippen molar-refractivity contribution in [3.05, 3.63) is 223 Å². The van der Waals surface area contributed by atoms with Gasteiger partial charge in [0, 0.05) is 72.5 Å². The first kappa shape index (κ1) is 42.0. The topological polar surface area (TPSA) is 33.5 Å². The second-order valence-electron chi connectivity index (χ2n) is 21.5. The average Bonchev–Trinajstić information content (AvgIpc) is 3.10. The predicted octanol–water partition coefficient (Wildman–Crippen LogP) is 19.3. The van der Waals surface area contributed by atoms with Gasteiger partial charge in [0.05, 0.1) is 12.3 Å². The number of benzene rings is 8. The Morgan fingerprint density at radius 1 is 0.605 bits per heavy atom. The van der Waals surface area contributed by atoms with E-state index in [0.717, 1.165) is 65.5 Å². The van der Waals surface area contributed by atoms with E-state index in [-0.39, 0.29) is 83.9 Å². The van der Waals surface area contributed by atoms with E-state index in [2.05, 4.69) is 102 Å². The number of fused-ring (bicyclic) bond motifs is 4. The number of para-hydroxylation sites is 3. The van der Waals surface area contributed by atoms with Gasteiger partial charge in [-0.1, -0.05) is 189 Å². The Kier molecular flexibility index (Phi) is 12.0. The number of pyridine rings is 1. The van der Waals surface area contributed by atoms with Gasteiger partial charge in [-0.15, -0.1) is 48.1 Å². The molecule has 386 valence electrons. The number of aromatic nitrogens is 2. The van der Waals surface area contributed by atoms with Gasteiger partial charge in [-0.25, -0.2) is 4.98 Å². The zero-order valence-corrected chi connectivity index (χ0v) is 46.7. The van der Waals surface area contributed by atoms with Crippen LogP contribution in [0.2, 0.25) is 0 Å². The maximum absolute atomic E-state index is 9.96. The molecule has 6 heteroatoms. The van der Waals surface area contributed by atoms with E-state index in [1.54, 1.807) is 18.2 Å². The second-order valence-corrected chi connectivity index (χ2v) is 21.5. The number of anilines is 4. The van der Waals surface area contributed by atoms with E-state index in [0.29, 0.717) is 39.8 Å². The smallest absolute Gasteiger partial charge is 0.135 e. The maximum Gasteiger partial charge on any atom is 0.135 e. The van der Waals surface area contributed by atoms with Crippen LogP contribution in [0.4, 0.5) is 22.7 Å². The fraction of sp³-hybridized carbons (Fsp3) is 0.229. The zero-order valence-electron chi connectivity index (χ0n) is 53.5. The molecule has 8 aromatic carbocycles. The molecule has 1 aliphatic heterocycles. The minimum Gasteiger partial charge on any atom is -0.509 e. The van der Waals surface area contributed by atoms with Crippen molar-refractivity contribution < 1.29 is 38.1 Å². The summed E-state index contributed by atoms with van der Waals surface area (Å²) < 4.78 is 91.6. The van der Waals surface area contributed by atoms with Crippen LogP contribution in [0, 0.1) is 18.8 Å². The van der Waals surface area contributed by atoms with Gasteiger partial charge in [-0.2, -0.15) is 12.1 Å². The summed E-state index contributed by atoms with van der Waals surface area (Å²) in [6.45, 7) is 19.1. The standard InChI is InChI=1S/C70H67N4O.Pt/c1-9-11-13-23-49-36-39-64-67(58(49)22-10-2)61-38-37-57(46-65(61)74(64)66-44-54(40-41-71-66)70(6,7)8)75-56-31-20-30-55(45-56)72-47-73(63-35-17-16-34-62(63)72)68-59(48-24-14-12-15-25-48)32-21-33-60(68)52-28-18-26-50(42-52)51-27-19-29-53(43-51)69(3,4)5;/h12,14-21,24-44,47H,9-11,13,22-23H2,1-8H3;/q-3;/i12D,14D,15D,18D,24D,25D,26D,28D,42D;. The number of aryl methyl sites for hydroxylation is 2. The number of hydrogen-bond acceptors (Lipinski definition) is 4. The Morgan fingerprint density at radius 3 is 2.07 bits per heavy atom. The molecule has 2 aromatic heterocycles. The first-order valence-electron chi connectivity index (χ1n) is 30.8. The summed E-state index contributed by atoms with van der Waals surface area (Å²) >= 11 is 0. The molecule has 1 aliphatic rings. The Balaban J connectivity index is 0.00000803. The molecule has 0 spiro atoms. The third-order valence-electron chi connectivity index (χ3n) is 14.2. The molecule has 0 amide bonds. The predicted molar refractivity (Wildman–Crippen MR) is 315 cm³/mol. The zero-order chi connectivity index (χ0) is 59.7. The third-order valence-corrected chi connectivity index (χ3v) is 14.2. The van der Waals surface area contributed by atoms with Crippen LogP contribution in [0.5, 0.6) is 11.5 Å². The molecular formula is C70H67N4OPt-3. The average molecular weight is 1180 g/mol. The Morgan fingerprint density at radius 2 is 1.30 bits per heavy atom. The Hall–Kier alpha value is -7.20.